The molecule has 2 saturated heterocycles. The van der Waals surface area contributed by atoms with Gasteiger partial charge in [0.05, 0.1) is 0 Å². The average Bonchev–Trinajstić information content (AvgIpc) is 2.97. The van der Waals surface area contributed by atoms with Crippen LogP contribution in [0.5, 0.6) is 0 Å². The van der Waals surface area contributed by atoms with Crippen molar-refractivity contribution in [2.24, 2.45) is 0 Å². The van der Waals surface area contributed by atoms with Crippen molar-refractivity contribution in [3.8, 4) is 0 Å². The summed E-state index contributed by atoms with van der Waals surface area (Å²) in [5.41, 5.74) is 2.76. The smallest absolute Gasteiger partial charge is 0.255 e. The molecule has 1 aromatic carbocycles. The molecule has 0 spiro atoms. The topological polar surface area (TPSA) is 90.5 Å². The lowest BCUT2D eigenvalue weighted by atomic mass is 9.99. The molecule has 0 aromatic heterocycles. The van der Waals surface area contributed by atoms with Crippen molar-refractivity contribution in [2.45, 2.75) is 63.8 Å². The number of nitrogens with zero attached hydrogens (tertiary/aromatic N) is 1. The SMILES string of the molecule is C[C@@H]1NCCC[C@@H]1NCc1ccc2c(c1)CN(C1CCC(=O)NC1=O)C2=O. The van der Waals surface area contributed by atoms with Crippen molar-refractivity contribution in [3.05, 3.63) is 34.9 Å². The first-order valence-corrected chi connectivity index (χ1v) is 9.76. The van der Waals surface area contributed by atoms with Crippen molar-refractivity contribution >= 4 is 17.7 Å². The van der Waals surface area contributed by atoms with E-state index in [-0.39, 0.29) is 24.1 Å². The summed E-state index contributed by atoms with van der Waals surface area (Å²) >= 11 is 0. The molecule has 2 fully saturated rings. The normalized spacial score (nSPS) is 28.3. The monoisotopic (exact) mass is 370 g/mol. The highest BCUT2D eigenvalue weighted by Gasteiger charge is 2.39. The lowest BCUT2D eigenvalue weighted by molar-refractivity contribution is -0.136. The summed E-state index contributed by atoms with van der Waals surface area (Å²) in [5.74, 6) is -0.752. The fraction of sp³-hybridized carbons (Fsp3) is 0.550. The number of hydrogen-bond acceptors (Lipinski definition) is 5. The molecule has 3 aliphatic heterocycles. The number of carbonyl (C=O) groups is 3. The van der Waals surface area contributed by atoms with E-state index in [0.717, 1.165) is 24.2 Å². The summed E-state index contributed by atoms with van der Waals surface area (Å²) in [6.07, 6.45) is 3.02. The predicted molar refractivity (Wildman–Crippen MR) is 99.8 cm³/mol. The first-order valence-electron chi connectivity index (χ1n) is 9.76. The number of piperidine rings is 2. The Balaban J connectivity index is 1.43. The second-order valence-corrected chi connectivity index (χ2v) is 7.76. The third-order valence-corrected chi connectivity index (χ3v) is 5.92. The van der Waals surface area contributed by atoms with Crippen LogP contribution in [0.2, 0.25) is 0 Å². The standard InChI is InChI=1S/C20H26N4O3/c1-12-16(3-2-8-21-12)22-10-13-4-5-15-14(9-13)11-24(20(15)27)17-6-7-18(25)23-19(17)26/h4-5,9,12,16-17,21-22H,2-3,6-8,10-11H2,1H3,(H,23,25,26)/t12-,16-,17?/m0/s1. The van der Waals surface area contributed by atoms with Gasteiger partial charge in [0.2, 0.25) is 11.8 Å². The highest BCUT2D eigenvalue weighted by Crippen LogP contribution is 2.28. The number of amides is 3. The molecule has 1 unspecified atom stereocenters. The summed E-state index contributed by atoms with van der Waals surface area (Å²) in [6, 6.07) is 6.26. The van der Waals surface area contributed by atoms with Crippen LogP contribution in [-0.4, -0.2) is 47.3 Å². The minimum atomic E-state index is -0.557. The van der Waals surface area contributed by atoms with Gasteiger partial charge in [-0.1, -0.05) is 12.1 Å². The Kier molecular flexibility index (Phi) is 4.97. The predicted octanol–water partition coefficient (Wildman–Crippen LogP) is 0.678. The minimum Gasteiger partial charge on any atom is -0.322 e. The van der Waals surface area contributed by atoms with E-state index >= 15 is 0 Å². The Labute approximate surface area is 158 Å². The average molecular weight is 370 g/mol. The highest BCUT2D eigenvalue weighted by molar-refractivity contribution is 6.05. The molecule has 0 radical (unpaired) electrons. The molecular weight excluding hydrogens is 344 g/mol. The summed E-state index contributed by atoms with van der Waals surface area (Å²) in [7, 11) is 0. The van der Waals surface area contributed by atoms with E-state index < -0.39 is 6.04 Å². The fourth-order valence-corrected chi connectivity index (χ4v) is 4.31. The van der Waals surface area contributed by atoms with Crippen LogP contribution in [0.3, 0.4) is 0 Å². The van der Waals surface area contributed by atoms with Gasteiger partial charge in [0.1, 0.15) is 6.04 Å². The van der Waals surface area contributed by atoms with E-state index in [1.807, 2.05) is 12.1 Å². The van der Waals surface area contributed by atoms with E-state index in [1.54, 1.807) is 4.90 Å². The molecule has 0 saturated carbocycles. The van der Waals surface area contributed by atoms with E-state index in [0.29, 0.717) is 30.6 Å². The summed E-state index contributed by atoms with van der Waals surface area (Å²) in [5, 5.41) is 9.44. The number of benzene rings is 1. The van der Waals surface area contributed by atoms with Crippen molar-refractivity contribution in [1.29, 1.82) is 0 Å². The van der Waals surface area contributed by atoms with E-state index in [9.17, 15) is 14.4 Å². The Morgan fingerprint density at radius 3 is 2.85 bits per heavy atom. The zero-order chi connectivity index (χ0) is 19.0. The second-order valence-electron chi connectivity index (χ2n) is 7.76. The second kappa shape index (κ2) is 7.40. The minimum absolute atomic E-state index is 0.121. The fourth-order valence-electron chi connectivity index (χ4n) is 4.31. The van der Waals surface area contributed by atoms with Crippen molar-refractivity contribution < 1.29 is 14.4 Å². The van der Waals surface area contributed by atoms with Gasteiger partial charge < -0.3 is 15.5 Å². The molecule has 144 valence electrons. The first kappa shape index (κ1) is 18.1. The van der Waals surface area contributed by atoms with Crippen molar-refractivity contribution in [3.63, 3.8) is 0 Å². The van der Waals surface area contributed by atoms with Gasteiger partial charge in [0, 0.05) is 37.2 Å². The molecule has 3 amide bonds. The first-order chi connectivity index (χ1) is 13.0. The van der Waals surface area contributed by atoms with E-state index in [1.165, 1.54) is 12.8 Å². The molecule has 7 nitrogen and oxygen atoms in total. The quantitative estimate of drug-likeness (QED) is 0.678. The van der Waals surface area contributed by atoms with E-state index in [2.05, 4.69) is 28.9 Å². The number of nitrogens with one attached hydrogen (secondary N) is 3. The van der Waals surface area contributed by atoms with Gasteiger partial charge in [-0.3, -0.25) is 19.7 Å². The van der Waals surface area contributed by atoms with Crippen LogP contribution in [0.25, 0.3) is 0 Å². The van der Waals surface area contributed by atoms with Crippen LogP contribution in [0, 0.1) is 0 Å². The maximum Gasteiger partial charge on any atom is 0.255 e. The Morgan fingerprint density at radius 1 is 1.22 bits per heavy atom. The number of hydrogen-bond donors (Lipinski definition) is 3. The van der Waals surface area contributed by atoms with Crippen LogP contribution >= 0.6 is 0 Å². The molecule has 3 heterocycles. The van der Waals surface area contributed by atoms with Gasteiger partial charge in [-0.25, -0.2) is 0 Å². The van der Waals surface area contributed by atoms with Gasteiger partial charge in [-0.15, -0.1) is 0 Å². The van der Waals surface area contributed by atoms with Gasteiger partial charge in [-0.05, 0) is 49.9 Å². The Morgan fingerprint density at radius 2 is 2.07 bits per heavy atom. The third-order valence-electron chi connectivity index (χ3n) is 5.92. The van der Waals surface area contributed by atoms with Crippen LogP contribution < -0.4 is 16.0 Å². The van der Waals surface area contributed by atoms with Crippen LogP contribution in [0.15, 0.2) is 18.2 Å². The van der Waals surface area contributed by atoms with Crippen LogP contribution in [-0.2, 0) is 22.7 Å². The Hall–Kier alpha value is -2.25. The van der Waals surface area contributed by atoms with E-state index in [4.69, 9.17) is 0 Å². The number of carbonyl (C=O) groups excluding carboxylic acids is 3. The molecule has 1 aromatic rings. The van der Waals surface area contributed by atoms with Gasteiger partial charge in [0.25, 0.3) is 5.91 Å². The van der Waals surface area contributed by atoms with Crippen molar-refractivity contribution in [1.82, 2.24) is 20.9 Å². The number of imide groups is 1. The van der Waals surface area contributed by atoms with Gasteiger partial charge in [-0.2, -0.15) is 0 Å². The molecule has 4 rings (SSSR count). The zero-order valence-electron chi connectivity index (χ0n) is 15.6. The molecule has 0 aliphatic carbocycles. The summed E-state index contributed by atoms with van der Waals surface area (Å²) in [6.45, 7) is 4.47. The maximum absolute atomic E-state index is 12.7. The molecule has 0 bridgehead atoms. The molecule has 7 heteroatoms. The van der Waals surface area contributed by atoms with Crippen LogP contribution in [0.1, 0.15) is 54.1 Å². The number of rotatable bonds is 4. The highest BCUT2D eigenvalue weighted by atomic mass is 16.2. The molecule has 3 atom stereocenters. The lowest BCUT2D eigenvalue weighted by Gasteiger charge is -2.30. The molecule has 27 heavy (non-hydrogen) atoms. The summed E-state index contributed by atoms with van der Waals surface area (Å²) < 4.78 is 0. The van der Waals surface area contributed by atoms with Gasteiger partial charge in [0.15, 0.2) is 0 Å². The molecule has 3 aliphatic rings. The number of fused-ring (bicyclic) bond motifs is 1. The zero-order valence-corrected chi connectivity index (χ0v) is 15.6. The van der Waals surface area contributed by atoms with Crippen molar-refractivity contribution in [2.75, 3.05) is 6.54 Å². The summed E-state index contributed by atoms with van der Waals surface area (Å²) in [4.78, 5) is 37.8. The third kappa shape index (κ3) is 3.61. The lowest BCUT2D eigenvalue weighted by Crippen LogP contribution is -2.52. The molecule has 3 N–H and O–H groups in total. The largest absolute Gasteiger partial charge is 0.322 e. The van der Waals surface area contributed by atoms with Gasteiger partial charge >= 0.3 is 0 Å². The maximum atomic E-state index is 12.7. The molecular formula is C20H26N4O3. The Bertz CT molecular complexity index is 778. The van der Waals surface area contributed by atoms with Crippen LogP contribution in [0.4, 0.5) is 0 Å².